The third kappa shape index (κ3) is 2.37. The van der Waals surface area contributed by atoms with Crippen molar-refractivity contribution in [1.29, 1.82) is 0 Å². The maximum Gasteiger partial charge on any atom is 0.0596 e. The molecule has 0 aliphatic heterocycles. The largest absolute Gasteiger partial charge is 0.272 e. The van der Waals surface area contributed by atoms with Crippen molar-refractivity contribution in [2.45, 2.75) is 38.1 Å². The fourth-order valence-corrected chi connectivity index (χ4v) is 3.41. The summed E-state index contributed by atoms with van der Waals surface area (Å²) >= 11 is 0. The van der Waals surface area contributed by atoms with E-state index < -0.39 is 0 Å². The van der Waals surface area contributed by atoms with Crippen LogP contribution in [0.15, 0.2) is 30.3 Å². The van der Waals surface area contributed by atoms with Gasteiger partial charge < -0.3 is 0 Å². The van der Waals surface area contributed by atoms with Crippen molar-refractivity contribution in [2.75, 3.05) is 0 Å². The Labute approximate surface area is 120 Å². The van der Waals surface area contributed by atoms with E-state index in [2.05, 4.69) is 40.9 Å². The second-order valence-electron chi connectivity index (χ2n) is 5.72. The molecule has 1 aliphatic carbocycles. The topological polar surface area (TPSA) is 55.9 Å². The number of aromatic nitrogens is 2. The maximum absolute atomic E-state index is 5.83. The average Bonchev–Trinajstić information content (AvgIpc) is 3.00. The van der Waals surface area contributed by atoms with E-state index in [1.807, 2.05) is 18.7 Å². The van der Waals surface area contributed by atoms with Crippen LogP contribution in [0.4, 0.5) is 0 Å². The third-order valence-electron chi connectivity index (χ3n) is 4.41. The molecule has 0 saturated carbocycles. The van der Waals surface area contributed by atoms with Crippen molar-refractivity contribution < 1.29 is 0 Å². The second-order valence-corrected chi connectivity index (χ2v) is 5.72. The lowest BCUT2D eigenvalue weighted by Gasteiger charge is -2.23. The number of hydrazine groups is 1. The lowest BCUT2D eigenvalue weighted by atomic mass is 9.90. The van der Waals surface area contributed by atoms with Gasteiger partial charge in [-0.2, -0.15) is 5.10 Å². The fraction of sp³-hybridized carbons (Fsp3) is 0.438. The number of benzene rings is 1. The number of fused-ring (bicyclic) bond motifs is 1. The van der Waals surface area contributed by atoms with Crippen molar-refractivity contribution in [3.63, 3.8) is 0 Å². The minimum Gasteiger partial charge on any atom is -0.272 e. The van der Waals surface area contributed by atoms with Gasteiger partial charge in [-0.1, -0.05) is 24.3 Å². The Hall–Kier alpha value is -1.65. The molecule has 4 heteroatoms. The van der Waals surface area contributed by atoms with Crippen molar-refractivity contribution in [3.05, 3.63) is 52.8 Å². The number of nitrogens with zero attached hydrogens (tertiary/aromatic N) is 2. The number of hydrogen-bond donors (Lipinski definition) is 2. The van der Waals surface area contributed by atoms with E-state index in [1.54, 1.807) is 0 Å². The Morgan fingerprint density at radius 2 is 2.25 bits per heavy atom. The Balaban J connectivity index is 1.83. The first-order chi connectivity index (χ1) is 9.69. The molecule has 20 heavy (non-hydrogen) atoms. The van der Waals surface area contributed by atoms with Crippen LogP contribution in [0.25, 0.3) is 0 Å². The Bertz CT molecular complexity index is 602. The van der Waals surface area contributed by atoms with Crippen molar-refractivity contribution in [1.82, 2.24) is 15.2 Å². The summed E-state index contributed by atoms with van der Waals surface area (Å²) in [6.07, 6.45) is 3.24. The van der Waals surface area contributed by atoms with E-state index in [4.69, 9.17) is 5.84 Å². The summed E-state index contributed by atoms with van der Waals surface area (Å²) in [5.74, 6) is 6.33. The second kappa shape index (κ2) is 5.38. The van der Waals surface area contributed by atoms with Gasteiger partial charge in [0.2, 0.25) is 0 Å². The molecule has 0 fully saturated rings. The zero-order valence-electron chi connectivity index (χ0n) is 12.1. The molecule has 1 aromatic carbocycles. The molecule has 2 atom stereocenters. The number of nitrogens with two attached hydrogens (primary N) is 1. The highest BCUT2D eigenvalue weighted by Gasteiger charge is 2.29. The highest BCUT2D eigenvalue weighted by Crippen LogP contribution is 2.36. The van der Waals surface area contributed by atoms with Gasteiger partial charge in [-0.3, -0.25) is 16.0 Å². The van der Waals surface area contributed by atoms with Crippen LogP contribution in [0.2, 0.25) is 0 Å². The standard InChI is InChI=1S/C16H22N4/c1-11-9-13(20(2)19-11)10-16(18-17)15-8-7-12-5-3-4-6-14(12)15/h3-6,9,15-16,18H,7-8,10,17H2,1-2H3. The molecule has 1 aliphatic rings. The first-order valence-electron chi connectivity index (χ1n) is 7.22. The maximum atomic E-state index is 5.83. The third-order valence-corrected chi connectivity index (χ3v) is 4.41. The Morgan fingerprint density at radius 1 is 1.45 bits per heavy atom. The molecule has 4 nitrogen and oxygen atoms in total. The van der Waals surface area contributed by atoms with E-state index in [-0.39, 0.29) is 6.04 Å². The van der Waals surface area contributed by atoms with Crippen LogP contribution in [0.3, 0.4) is 0 Å². The summed E-state index contributed by atoms with van der Waals surface area (Å²) in [5.41, 5.74) is 8.24. The van der Waals surface area contributed by atoms with E-state index >= 15 is 0 Å². The predicted molar refractivity (Wildman–Crippen MR) is 80.3 cm³/mol. The van der Waals surface area contributed by atoms with Gasteiger partial charge in [-0.15, -0.1) is 0 Å². The van der Waals surface area contributed by atoms with Gasteiger partial charge >= 0.3 is 0 Å². The molecule has 0 saturated heterocycles. The molecular weight excluding hydrogens is 248 g/mol. The smallest absolute Gasteiger partial charge is 0.0596 e. The molecule has 0 spiro atoms. The van der Waals surface area contributed by atoms with E-state index in [9.17, 15) is 0 Å². The monoisotopic (exact) mass is 270 g/mol. The lowest BCUT2D eigenvalue weighted by Crippen LogP contribution is -2.41. The highest BCUT2D eigenvalue weighted by molar-refractivity contribution is 5.36. The normalized spacial score (nSPS) is 19.1. The molecule has 0 amide bonds. The molecule has 0 radical (unpaired) electrons. The predicted octanol–water partition coefficient (Wildman–Crippen LogP) is 1.83. The van der Waals surface area contributed by atoms with Gasteiger partial charge in [-0.25, -0.2) is 0 Å². The quantitative estimate of drug-likeness (QED) is 0.658. The van der Waals surface area contributed by atoms with Crippen LogP contribution in [-0.2, 0) is 19.9 Å². The van der Waals surface area contributed by atoms with Crippen LogP contribution >= 0.6 is 0 Å². The summed E-state index contributed by atoms with van der Waals surface area (Å²) in [5, 5.41) is 4.42. The van der Waals surface area contributed by atoms with E-state index in [1.165, 1.54) is 23.2 Å². The van der Waals surface area contributed by atoms with Gasteiger partial charge in [0.05, 0.1) is 5.69 Å². The van der Waals surface area contributed by atoms with Gasteiger partial charge in [0.15, 0.2) is 0 Å². The SMILES string of the molecule is Cc1cc(CC(NN)C2CCc3ccccc32)n(C)n1. The number of nitrogens with one attached hydrogen (secondary N) is 1. The summed E-state index contributed by atoms with van der Waals surface area (Å²) in [4.78, 5) is 0. The van der Waals surface area contributed by atoms with Gasteiger partial charge in [-0.05, 0) is 37.0 Å². The summed E-state index contributed by atoms with van der Waals surface area (Å²) in [6, 6.07) is 11.1. The minimum absolute atomic E-state index is 0.258. The van der Waals surface area contributed by atoms with Crippen LogP contribution in [-0.4, -0.2) is 15.8 Å². The zero-order valence-corrected chi connectivity index (χ0v) is 12.1. The molecule has 1 aromatic heterocycles. The van der Waals surface area contributed by atoms with Crippen LogP contribution in [0.5, 0.6) is 0 Å². The molecule has 106 valence electrons. The highest BCUT2D eigenvalue weighted by atomic mass is 15.3. The van der Waals surface area contributed by atoms with Crippen molar-refractivity contribution in [2.24, 2.45) is 12.9 Å². The van der Waals surface area contributed by atoms with Crippen LogP contribution < -0.4 is 11.3 Å². The molecule has 2 unspecified atom stereocenters. The summed E-state index contributed by atoms with van der Waals surface area (Å²) < 4.78 is 1.96. The summed E-state index contributed by atoms with van der Waals surface area (Å²) in [7, 11) is 2.00. The summed E-state index contributed by atoms with van der Waals surface area (Å²) in [6.45, 7) is 2.03. The number of aryl methyl sites for hydroxylation is 3. The van der Waals surface area contributed by atoms with Gasteiger partial charge in [0.1, 0.15) is 0 Å². The molecular formula is C16H22N4. The average molecular weight is 270 g/mol. The molecule has 3 rings (SSSR count). The molecule has 0 bridgehead atoms. The lowest BCUT2D eigenvalue weighted by molar-refractivity contribution is 0.425. The molecule has 2 aromatic rings. The van der Waals surface area contributed by atoms with E-state index in [0.717, 1.165) is 18.5 Å². The van der Waals surface area contributed by atoms with Gasteiger partial charge in [0, 0.05) is 31.1 Å². The minimum atomic E-state index is 0.258. The molecule has 3 N–H and O–H groups in total. The van der Waals surface area contributed by atoms with Crippen molar-refractivity contribution in [3.8, 4) is 0 Å². The first-order valence-corrected chi connectivity index (χ1v) is 7.22. The number of hydrogen-bond acceptors (Lipinski definition) is 3. The van der Waals surface area contributed by atoms with E-state index in [0.29, 0.717) is 5.92 Å². The van der Waals surface area contributed by atoms with Crippen molar-refractivity contribution >= 4 is 0 Å². The molecule has 1 heterocycles. The first kappa shape index (κ1) is 13.3. The van der Waals surface area contributed by atoms with Gasteiger partial charge in [0.25, 0.3) is 0 Å². The Kier molecular flexibility index (Phi) is 3.59. The fourth-order valence-electron chi connectivity index (χ4n) is 3.41. The van der Waals surface area contributed by atoms with Crippen LogP contribution in [0.1, 0.15) is 34.9 Å². The van der Waals surface area contributed by atoms with Crippen LogP contribution in [0, 0.1) is 6.92 Å². The zero-order chi connectivity index (χ0) is 14.1. The number of rotatable bonds is 4. The Morgan fingerprint density at radius 3 is 2.95 bits per heavy atom.